The third-order valence-electron chi connectivity index (χ3n) is 1.30. The van der Waals surface area contributed by atoms with Crippen molar-refractivity contribution in [2.45, 2.75) is 34.8 Å². The van der Waals surface area contributed by atoms with Gasteiger partial charge in [-0.05, 0) is 6.92 Å². The molecule has 0 aromatic carbocycles. The van der Waals surface area contributed by atoms with Crippen molar-refractivity contribution >= 4 is 18.2 Å². The molecule has 0 radical (unpaired) electrons. The van der Waals surface area contributed by atoms with E-state index in [1.807, 2.05) is 0 Å². The highest BCUT2D eigenvalue weighted by atomic mass is 16.6. The van der Waals surface area contributed by atoms with E-state index in [9.17, 15) is 9.59 Å². The third-order valence-corrected chi connectivity index (χ3v) is 1.30. The van der Waals surface area contributed by atoms with E-state index in [-0.39, 0.29) is 32.9 Å². The molecule has 102 valence electrons. The molecule has 1 N–H and O–H groups in total. The predicted molar refractivity (Wildman–Crippen MR) is 64.5 cm³/mol. The quantitative estimate of drug-likeness (QED) is 0.353. The summed E-state index contributed by atoms with van der Waals surface area (Å²) in [5.41, 5.74) is 0. The van der Waals surface area contributed by atoms with Crippen molar-refractivity contribution in [2.24, 2.45) is 0 Å². The third kappa shape index (κ3) is 14.3. The molecule has 0 saturated carbocycles. The molecule has 0 aliphatic rings. The second-order valence-corrected chi connectivity index (χ2v) is 2.38. The van der Waals surface area contributed by atoms with Gasteiger partial charge in [-0.3, -0.25) is 9.59 Å². The summed E-state index contributed by atoms with van der Waals surface area (Å²) in [5, 5.41) is 6.89. The highest BCUT2D eigenvalue weighted by Gasteiger charge is 2.15. The van der Waals surface area contributed by atoms with Crippen LogP contribution in [0.2, 0.25) is 0 Å². The highest BCUT2D eigenvalue weighted by molar-refractivity contribution is 5.93. The average molecular weight is 250 g/mol. The molecular formula is C11H22O6. The molecule has 6 heteroatoms. The van der Waals surface area contributed by atoms with Gasteiger partial charge in [-0.25, -0.2) is 4.79 Å². The van der Waals surface area contributed by atoms with Crippen LogP contribution in [-0.4, -0.2) is 36.5 Å². The Morgan fingerprint density at radius 2 is 1.71 bits per heavy atom. The maximum absolute atomic E-state index is 10.9. The topological polar surface area (TPSA) is 89.9 Å². The second-order valence-electron chi connectivity index (χ2n) is 2.38. The molecule has 0 aliphatic heterocycles. The smallest absolute Gasteiger partial charge is 0.340 e. The minimum absolute atomic E-state index is 0. The normalized spacial score (nSPS) is 9.12. The maximum atomic E-state index is 10.9. The number of carboxylic acid groups (broad SMARTS) is 1. The monoisotopic (exact) mass is 250 g/mol. The number of ketones is 1. The summed E-state index contributed by atoms with van der Waals surface area (Å²) in [6, 6.07) is 0. The predicted octanol–water partition coefficient (Wildman–Crippen LogP) is 1.64. The first-order chi connectivity index (χ1) is 6.90. The van der Waals surface area contributed by atoms with Crippen molar-refractivity contribution in [3.05, 3.63) is 12.3 Å². The van der Waals surface area contributed by atoms with E-state index in [1.165, 1.54) is 21.0 Å². The van der Waals surface area contributed by atoms with Gasteiger partial charge in [0.1, 0.15) is 0 Å². The summed E-state index contributed by atoms with van der Waals surface area (Å²) in [7, 11) is 1.38. The van der Waals surface area contributed by atoms with E-state index < -0.39 is 12.1 Å². The standard InChI is InChI=1S/C8H12O4.CH2O2.2CH4/c1-5(9)6(2)12-8(10)7(3)11-4;2-1-3;;/h7H,2H2,1,3-4H3;1H,(H,2,3);2*1H4. The first-order valence-corrected chi connectivity index (χ1v) is 3.92. The Morgan fingerprint density at radius 3 is 1.94 bits per heavy atom. The van der Waals surface area contributed by atoms with E-state index in [0.717, 1.165) is 0 Å². The Labute approximate surface area is 102 Å². The van der Waals surface area contributed by atoms with Crippen molar-refractivity contribution in [3.8, 4) is 0 Å². The second kappa shape index (κ2) is 14.3. The van der Waals surface area contributed by atoms with E-state index in [2.05, 4.69) is 16.1 Å². The fourth-order valence-corrected chi connectivity index (χ4v) is 0.372. The number of methoxy groups -OCH3 is 1. The van der Waals surface area contributed by atoms with Crippen LogP contribution in [0.4, 0.5) is 0 Å². The maximum Gasteiger partial charge on any atom is 0.340 e. The molecule has 0 aromatic heterocycles. The van der Waals surface area contributed by atoms with Crippen LogP contribution in [-0.2, 0) is 23.9 Å². The zero-order chi connectivity index (χ0) is 12.4. The van der Waals surface area contributed by atoms with Gasteiger partial charge in [-0.2, -0.15) is 0 Å². The zero-order valence-corrected chi connectivity index (χ0v) is 8.85. The van der Waals surface area contributed by atoms with Crippen LogP contribution in [0.3, 0.4) is 0 Å². The number of hydrogen-bond acceptors (Lipinski definition) is 5. The number of Topliss-reactive ketones (excluding diaryl/α,β-unsaturated/α-hetero) is 1. The van der Waals surface area contributed by atoms with E-state index >= 15 is 0 Å². The van der Waals surface area contributed by atoms with Crippen molar-refractivity contribution in [1.82, 2.24) is 0 Å². The Kier molecular flexibility index (Phi) is 20.6. The molecule has 0 rings (SSSR count). The van der Waals surface area contributed by atoms with Crippen LogP contribution < -0.4 is 0 Å². The molecular weight excluding hydrogens is 228 g/mol. The molecule has 0 bridgehead atoms. The van der Waals surface area contributed by atoms with Gasteiger partial charge in [0.15, 0.2) is 17.6 Å². The molecule has 0 aliphatic carbocycles. The number of rotatable bonds is 4. The van der Waals surface area contributed by atoms with Crippen molar-refractivity contribution in [1.29, 1.82) is 0 Å². The lowest BCUT2D eigenvalue weighted by molar-refractivity contribution is -0.151. The van der Waals surface area contributed by atoms with E-state index in [0.29, 0.717) is 0 Å². The molecule has 1 unspecified atom stereocenters. The van der Waals surface area contributed by atoms with Crippen molar-refractivity contribution < 1.29 is 29.0 Å². The molecule has 0 aromatic rings. The van der Waals surface area contributed by atoms with Crippen LogP contribution in [0.1, 0.15) is 28.7 Å². The largest absolute Gasteiger partial charge is 0.483 e. The van der Waals surface area contributed by atoms with Gasteiger partial charge in [0, 0.05) is 14.0 Å². The average Bonchev–Trinajstić information content (AvgIpc) is 2.17. The SMILES string of the molecule is C.C.C=C(OC(=O)C(C)OC)C(C)=O.O=CO. The molecule has 0 spiro atoms. The van der Waals surface area contributed by atoms with Gasteiger partial charge < -0.3 is 14.6 Å². The molecule has 1 atom stereocenters. The lowest BCUT2D eigenvalue weighted by Crippen LogP contribution is -2.22. The lowest BCUT2D eigenvalue weighted by Gasteiger charge is -2.08. The summed E-state index contributed by atoms with van der Waals surface area (Å²) in [4.78, 5) is 29.9. The minimum atomic E-state index is -0.680. The zero-order valence-electron chi connectivity index (χ0n) is 8.85. The molecule has 6 nitrogen and oxygen atoms in total. The number of hydrogen-bond donors (Lipinski definition) is 1. The number of allylic oxidation sites excluding steroid dienone is 1. The van der Waals surface area contributed by atoms with Gasteiger partial charge in [-0.15, -0.1) is 0 Å². The van der Waals surface area contributed by atoms with E-state index in [4.69, 9.17) is 9.90 Å². The Hall–Kier alpha value is -1.69. The van der Waals surface area contributed by atoms with Gasteiger partial charge in [0.2, 0.25) is 0 Å². The number of carbonyl (C=O) groups is 3. The van der Waals surface area contributed by atoms with Crippen LogP contribution in [0, 0.1) is 0 Å². The van der Waals surface area contributed by atoms with E-state index in [1.54, 1.807) is 0 Å². The summed E-state index contributed by atoms with van der Waals surface area (Å²) >= 11 is 0. The van der Waals surface area contributed by atoms with Crippen LogP contribution in [0.25, 0.3) is 0 Å². The summed E-state index contributed by atoms with van der Waals surface area (Å²) in [6.45, 7) is 5.81. The van der Waals surface area contributed by atoms with Crippen molar-refractivity contribution in [2.75, 3.05) is 7.11 Å². The van der Waals surface area contributed by atoms with Crippen molar-refractivity contribution in [3.63, 3.8) is 0 Å². The van der Waals surface area contributed by atoms with Gasteiger partial charge in [-0.1, -0.05) is 21.4 Å². The van der Waals surface area contributed by atoms with Gasteiger partial charge >= 0.3 is 5.97 Å². The Balaban J connectivity index is -0.000000152. The molecule has 0 heterocycles. The fourth-order valence-electron chi connectivity index (χ4n) is 0.372. The fraction of sp³-hybridized carbons (Fsp3) is 0.545. The van der Waals surface area contributed by atoms with Gasteiger partial charge in [0.05, 0.1) is 0 Å². The van der Waals surface area contributed by atoms with Crippen LogP contribution in [0.15, 0.2) is 12.3 Å². The summed E-state index contributed by atoms with van der Waals surface area (Å²) in [5.74, 6) is -1.15. The molecule has 0 amide bonds. The minimum Gasteiger partial charge on any atom is -0.483 e. The molecule has 0 saturated heterocycles. The molecule has 17 heavy (non-hydrogen) atoms. The number of carbonyl (C=O) groups excluding carboxylic acids is 2. The van der Waals surface area contributed by atoms with Crippen LogP contribution in [0.5, 0.6) is 0 Å². The summed E-state index contributed by atoms with van der Waals surface area (Å²) in [6.07, 6.45) is -0.680. The van der Waals surface area contributed by atoms with Crippen LogP contribution >= 0.6 is 0 Å². The van der Waals surface area contributed by atoms with Gasteiger partial charge in [0.25, 0.3) is 6.47 Å². The highest BCUT2D eigenvalue weighted by Crippen LogP contribution is 2.00. The first-order valence-electron chi connectivity index (χ1n) is 3.92. The Morgan fingerprint density at radius 1 is 1.35 bits per heavy atom. The Bertz CT molecular complexity index is 246. The lowest BCUT2D eigenvalue weighted by atomic mass is 10.4. The molecule has 0 fully saturated rings. The first kappa shape index (κ1) is 24.5. The summed E-state index contributed by atoms with van der Waals surface area (Å²) < 4.78 is 9.22. The number of esters is 1. The number of ether oxygens (including phenoxy) is 2.